The summed E-state index contributed by atoms with van der Waals surface area (Å²) in [7, 11) is 0. The standard InChI is InChI=1S/C28H27N5O2/c1-18-8-4-6-10-22(18)16-35-23-14-12-21(13-15-23)26-25(20(3)31-28-29-17-30-33(26)28)27(34)32-24-11-7-5-9-19(24)2/h4-15,17,26H,16H2,1-3H3,(H,32,34)(H,29,30,31)/t26-/m0/s1. The highest BCUT2D eigenvalue weighted by atomic mass is 16.5. The van der Waals surface area contributed by atoms with Crippen LogP contribution in [0.4, 0.5) is 11.6 Å². The lowest BCUT2D eigenvalue weighted by Gasteiger charge is -2.29. The van der Waals surface area contributed by atoms with Crippen LogP contribution in [-0.4, -0.2) is 20.7 Å². The summed E-state index contributed by atoms with van der Waals surface area (Å²) in [5.41, 5.74) is 6.35. The number of aromatic nitrogens is 3. The molecule has 0 saturated heterocycles. The lowest BCUT2D eigenvalue weighted by atomic mass is 9.95. The molecule has 7 nitrogen and oxygen atoms in total. The number of hydrogen-bond acceptors (Lipinski definition) is 5. The van der Waals surface area contributed by atoms with Crippen molar-refractivity contribution in [3.8, 4) is 5.75 Å². The van der Waals surface area contributed by atoms with Gasteiger partial charge in [0.1, 0.15) is 24.7 Å². The van der Waals surface area contributed by atoms with Crippen LogP contribution in [0.5, 0.6) is 5.75 Å². The molecule has 7 heteroatoms. The van der Waals surface area contributed by atoms with Crippen LogP contribution in [0.25, 0.3) is 0 Å². The third-order valence-corrected chi connectivity index (χ3v) is 6.28. The summed E-state index contributed by atoms with van der Waals surface area (Å²) in [5.74, 6) is 1.17. The molecule has 0 unspecified atom stereocenters. The van der Waals surface area contributed by atoms with Crippen molar-refractivity contribution in [2.24, 2.45) is 0 Å². The van der Waals surface area contributed by atoms with Crippen LogP contribution in [0, 0.1) is 13.8 Å². The van der Waals surface area contributed by atoms with Crippen molar-refractivity contribution >= 4 is 17.5 Å². The molecule has 0 fully saturated rings. The Morgan fingerprint density at radius 3 is 2.43 bits per heavy atom. The molecule has 176 valence electrons. The molecule has 5 rings (SSSR count). The Morgan fingerprint density at radius 2 is 1.69 bits per heavy atom. The number of carbonyl (C=O) groups is 1. The van der Waals surface area contributed by atoms with Crippen LogP contribution in [0.1, 0.15) is 35.2 Å². The van der Waals surface area contributed by atoms with Crippen LogP contribution in [0.3, 0.4) is 0 Å². The number of amides is 1. The second-order valence-corrected chi connectivity index (χ2v) is 8.65. The average Bonchev–Trinajstić information content (AvgIpc) is 3.32. The lowest BCUT2D eigenvalue weighted by molar-refractivity contribution is -0.113. The van der Waals surface area contributed by atoms with E-state index in [4.69, 9.17) is 4.74 Å². The Morgan fingerprint density at radius 1 is 0.971 bits per heavy atom. The van der Waals surface area contributed by atoms with Crippen molar-refractivity contribution in [3.63, 3.8) is 0 Å². The number of fused-ring (bicyclic) bond motifs is 1. The maximum Gasteiger partial charge on any atom is 0.255 e. The third kappa shape index (κ3) is 4.53. The van der Waals surface area contributed by atoms with Crippen molar-refractivity contribution in [2.75, 3.05) is 10.6 Å². The van der Waals surface area contributed by atoms with Crippen LogP contribution < -0.4 is 15.4 Å². The molecule has 1 atom stereocenters. The van der Waals surface area contributed by atoms with Crippen LogP contribution in [0.2, 0.25) is 0 Å². The molecule has 0 spiro atoms. The van der Waals surface area contributed by atoms with E-state index < -0.39 is 6.04 Å². The smallest absolute Gasteiger partial charge is 0.255 e. The first kappa shape index (κ1) is 22.4. The number of carbonyl (C=O) groups excluding carboxylic acids is 1. The summed E-state index contributed by atoms with van der Waals surface area (Å²) in [6.07, 6.45) is 1.49. The zero-order valence-electron chi connectivity index (χ0n) is 19.9. The average molecular weight is 466 g/mol. The third-order valence-electron chi connectivity index (χ3n) is 6.28. The van der Waals surface area contributed by atoms with Crippen molar-refractivity contribution < 1.29 is 9.53 Å². The topological polar surface area (TPSA) is 81.1 Å². The summed E-state index contributed by atoms with van der Waals surface area (Å²) < 4.78 is 7.76. The van der Waals surface area contributed by atoms with Gasteiger partial charge >= 0.3 is 0 Å². The fourth-order valence-corrected chi connectivity index (χ4v) is 4.28. The van der Waals surface area contributed by atoms with Gasteiger partial charge < -0.3 is 15.4 Å². The minimum absolute atomic E-state index is 0.185. The Bertz CT molecular complexity index is 1400. The molecule has 1 amide bonds. The largest absolute Gasteiger partial charge is 0.489 e. The monoisotopic (exact) mass is 465 g/mol. The number of anilines is 2. The highest BCUT2D eigenvalue weighted by Crippen LogP contribution is 2.36. The number of nitrogens with one attached hydrogen (secondary N) is 2. The van der Waals surface area contributed by atoms with Crippen molar-refractivity contribution in [3.05, 3.63) is 113 Å². The van der Waals surface area contributed by atoms with E-state index >= 15 is 0 Å². The molecule has 0 saturated carbocycles. The number of para-hydroxylation sites is 1. The summed E-state index contributed by atoms with van der Waals surface area (Å²) in [4.78, 5) is 17.8. The molecular formula is C28H27N5O2. The first-order valence-electron chi connectivity index (χ1n) is 11.5. The Hall–Kier alpha value is -4.39. The van der Waals surface area contributed by atoms with E-state index in [1.165, 1.54) is 11.9 Å². The van der Waals surface area contributed by atoms with Crippen LogP contribution >= 0.6 is 0 Å². The number of allylic oxidation sites excluding steroid dienone is 1. The number of rotatable bonds is 6. The highest BCUT2D eigenvalue weighted by Gasteiger charge is 2.33. The van der Waals surface area contributed by atoms with Gasteiger partial charge in [-0.3, -0.25) is 4.79 Å². The van der Waals surface area contributed by atoms with E-state index in [0.29, 0.717) is 18.1 Å². The van der Waals surface area contributed by atoms with E-state index in [2.05, 4.69) is 39.8 Å². The number of aryl methyl sites for hydroxylation is 2. The molecule has 35 heavy (non-hydrogen) atoms. The first-order valence-corrected chi connectivity index (χ1v) is 11.5. The molecule has 0 bridgehead atoms. The van der Waals surface area contributed by atoms with Gasteiger partial charge in [-0.2, -0.15) is 10.1 Å². The Kier molecular flexibility index (Phi) is 6.06. The van der Waals surface area contributed by atoms with E-state index in [9.17, 15) is 4.79 Å². The fourth-order valence-electron chi connectivity index (χ4n) is 4.28. The molecule has 0 aliphatic carbocycles. The van der Waals surface area contributed by atoms with Gasteiger partial charge in [0.15, 0.2) is 0 Å². The molecular weight excluding hydrogens is 438 g/mol. The van der Waals surface area contributed by atoms with Gasteiger partial charge in [-0.1, -0.05) is 54.6 Å². The first-order chi connectivity index (χ1) is 17.0. The van der Waals surface area contributed by atoms with Gasteiger partial charge in [-0.25, -0.2) is 4.68 Å². The quantitative estimate of drug-likeness (QED) is 0.398. The molecule has 0 radical (unpaired) electrons. The molecule has 1 aliphatic rings. The lowest BCUT2D eigenvalue weighted by Crippen LogP contribution is -2.31. The highest BCUT2D eigenvalue weighted by molar-refractivity contribution is 6.06. The van der Waals surface area contributed by atoms with E-state index in [1.807, 2.05) is 74.5 Å². The minimum Gasteiger partial charge on any atom is -0.489 e. The predicted octanol–water partition coefficient (Wildman–Crippen LogP) is 5.40. The second kappa shape index (κ2) is 9.46. The molecule has 2 N–H and O–H groups in total. The molecule has 3 aromatic carbocycles. The zero-order chi connectivity index (χ0) is 24.4. The normalized spacial score (nSPS) is 14.8. The van der Waals surface area contributed by atoms with Gasteiger partial charge in [-0.15, -0.1) is 0 Å². The summed E-state index contributed by atoms with van der Waals surface area (Å²) >= 11 is 0. The van der Waals surface area contributed by atoms with Crippen molar-refractivity contribution in [2.45, 2.75) is 33.4 Å². The van der Waals surface area contributed by atoms with E-state index in [-0.39, 0.29) is 5.91 Å². The maximum atomic E-state index is 13.5. The van der Waals surface area contributed by atoms with Gasteiger partial charge in [0.2, 0.25) is 5.95 Å². The summed E-state index contributed by atoms with van der Waals surface area (Å²) in [6, 6.07) is 23.3. The molecule has 1 aliphatic heterocycles. The number of nitrogens with zero attached hydrogens (tertiary/aromatic N) is 3. The molecule has 4 aromatic rings. The maximum absolute atomic E-state index is 13.5. The summed E-state index contributed by atoms with van der Waals surface area (Å²) in [6.45, 7) is 6.43. The Balaban J connectivity index is 1.42. The minimum atomic E-state index is -0.428. The van der Waals surface area contributed by atoms with E-state index in [1.54, 1.807) is 4.68 Å². The van der Waals surface area contributed by atoms with E-state index in [0.717, 1.165) is 33.8 Å². The SMILES string of the molecule is CC1=C(C(=O)Nc2ccccc2C)[C@H](c2ccc(OCc3ccccc3C)cc2)n2ncnc2N1. The number of hydrogen-bond donors (Lipinski definition) is 2. The van der Waals surface area contributed by atoms with Gasteiger partial charge in [-0.05, 0) is 61.2 Å². The molecule has 1 aromatic heterocycles. The van der Waals surface area contributed by atoms with Gasteiger partial charge in [0.05, 0.1) is 5.57 Å². The fraction of sp³-hybridized carbons (Fsp3) is 0.179. The second-order valence-electron chi connectivity index (χ2n) is 8.65. The van der Waals surface area contributed by atoms with Crippen molar-refractivity contribution in [1.29, 1.82) is 0 Å². The van der Waals surface area contributed by atoms with Gasteiger partial charge in [0.25, 0.3) is 5.91 Å². The summed E-state index contributed by atoms with van der Waals surface area (Å²) in [5, 5.41) is 10.7. The Labute approximate surface area is 204 Å². The zero-order valence-corrected chi connectivity index (χ0v) is 19.9. The predicted molar refractivity (Wildman–Crippen MR) is 136 cm³/mol. The van der Waals surface area contributed by atoms with Crippen LogP contribution in [-0.2, 0) is 11.4 Å². The number of benzene rings is 3. The van der Waals surface area contributed by atoms with Crippen LogP contribution in [0.15, 0.2) is 90.4 Å². The van der Waals surface area contributed by atoms with Gasteiger partial charge in [0, 0.05) is 11.4 Å². The van der Waals surface area contributed by atoms with Crippen molar-refractivity contribution in [1.82, 2.24) is 14.8 Å². The molecule has 2 heterocycles. The number of ether oxygens (including phenoxy) is 1.